The Morgan fingerprint density at radius 2 is 1.97 bits per heavy atom. The van der Waals surface area contributed by atoms with E-state index < -0.39 is 0 Å². The van der Waals surface area contributed by atoms with Gasteiger partial charge in [-0.05, 0) is 37.1 Å². The zero-order valence-electron chi connectivity index (χ0n) is 21.5. The maximum atomic E-state index is 12.0. The summed E-state index contributed by atoms with van der Waals surface area (Å²) in [6.07, 6.45) is 5.60. The second-order valence-electron chi connectivity index (χ2n) is 8.90. The quantitative estimate of drug-likeness (QED) is 0.249. The second kappa shape index (κ2) is 11.1. The minimum absolute atomic E-state index is 0.00808. The van der Waals surface area contributed by atoms with Gasteiger partial charge in [0.2, 0.25) is 0 Å². The summed E-state index contributed by atoms with van der Waals surface area (Å²) >= 11 is 5.68. The molecule has 10 heteroatoms. The van der Waals surface area contributed by atoms with Crippen LogP contribution in [0.15, 0.2) is 54.9 Å². The van der Waals surface area contributed by atoms with Crippen molar-refractivity contribution in [2.24, 2.45) is 0 Å². The molecule has 2 aromatic carbocycles. The standard InChI is InChI=1S/C28H29N5O4S/c1-35-20-11-10-19(22(15-20)36-2)16-31-25-24-23(17-6-8-18(9-7-17)28(34)37-3)32-26(33(24)14-13-29-25)21-5-4-12-30-27(21)38/h6-11,13-15,21H,4-5,12,16H2,1-3H3,(H,29,31)(H,30,38)/t21-/m0/s1. The smallest absolute Gasteiger partial charge is 0.337 e. The van der Waals surface area contributed by atoms with E-state index in [0.29, 0.717) is 17.9 Å². The number of aromatic nitrogens is 3. The average Bonchev–Trinajstić information content (AvgIpc) is 3.36. The molecule has 2 aromatic heterocycles. The Labute approximate surface area is 226 Å². The van der Waals surface area contributed by atoms with Crippen LogP contribution in [-0.2, 0) is 11.3 Å². The van der Waals surface area contributed by atoms with Gasteiger partial charge in [0.1, 0.15) is 28.5 Å². The summed E-state index contributed by atoms with van der Waals surface area (Å²) in [6.45, 7) is 1.35. The number of thiocarbonyl (C=S) groups is 1. The maximum absolute atomic E-state index is 12.0. The summed E-state index contributed by atoms with van der Waals surface area (Å²) in [5.41, 5.74) is 3.87. The fourth-order valence-electron chi connectivity index (χ4n) is 4.72. The number of carbonyl (C=O) groups is 1. The van der Waals surface area contributed by atoms with Gasteiger partial charge >= 0.3 is 5.97 Å². The highest BCUT2D eigenvalue weighted by molar-refractivity contribution is 7.80. The van der Waals surface area contributed by atoms with Gasteiger partial charge < -0.3 is 24.8 Å². The monoisotopic (exact) mass is 531 g/mol. The Kier molecular flexibility index (Phi) is 7.41. The first-order chi connectivity index (χ1) is 18.5. The third-order valence-electron chi connectivity index (χ3n) is 6.70. The lowest BCUT2D eigenvalue weighted by Crippen LogP contribution is -2.34. The number of methoxy groups -OCH3 is 3. The van der Waals surface area contributed by atoms with Crippen molar-refractivity contribution in [1.29, 1.82) is 0 Å². The van der Waals surface area contributed by atoms with Crippen LogP contribution < -0.4 is 20.1 Å². The van der Waals surface area contributed by atoms with E-state index in [4.69, 9.17) is 31.4 Å². The number of esters is 1. The fourth-order valence-corrected chi connectivity index (χ4v) is 5.04. The number of piperidine rings is 1. The normalized spacial score (nSPS) is 15.1. The summed E-state index contributed by atoms with van der Waals surface area (Å²) < 4.78 is 17.8. The Hall–Kier alpha value is -4.18. The predicted molar refractivity (Wildman–Crippen MR) is 149 cm³/mol. The molecule has 9 nitrogen and oxygen atoms in total. The summed E-state index contributed by atoms with van der Waals surface area (Å²) in [6, 6.07) is 12.9. The number of imidazole rings is 1. The van der Waals surface area contributed by atoms with Crippen LogP contribution in [0.4, 0.5) is 5.82 Å². The van der Waals surface area contributed by atoms with Gasteiger partial charge in [0, 0.05) is 42.7 Å². The van der Waals surface area contributed by atoms with Crippen LogP contribution in [0.1, 0.15) is 40.5 Å². The number of nitrogens with zero attached hydrogens (tertiary/aromatic N) is 3. The topological polar surface area (TPSA) is 99.0 Å². The summed E-state index contributed by atoms with van der Waals surface area (Å²) in [5, 5.41) is 6.80. The molecule has 196 valence electrons. The van der Waals surface area contributed by atoms with Crippen molar-refractivity contribution >= 4 is 34.5 Å². The highest BCUT2D eigenvalue weighted by Crippen LogP contribution is 2.35. The van der Waals surface area contributed by atoms with Crippen molar-refractivity contribution in [3.63, 3.8) is 0 Å². The number of rotatable bonds is 8. The Morgan fingerprint density at radius 1 is 1.16 bits per heavy atom. The lowest BCUT2D eigenvalue weighted by molar-refractivity contribution is 0.0600. The summed E-state index contributed by atoms with van der Waals surface area (Å²) in [5.74, 6) is 2.58. The zero-order valence-corrected chi connectivity index (χ0v) is 22.3. The molecule has 1 aliphatic rings. The molecule has 1 atom stereocenters. The first-order valence-corrected chi connectivity index (χ1v) is 12.7. The molecule has 5 rings (SSSR count). The molecule has 0 spiro atoms. The molecule has 3 heterocycles. The number of hydrogen-bond donors (Lipinski definition) is 2. The summed E-state index contributed by atoms with van der Waals surface area (Å²) in [7, 11) is 4.63. The van der Waals surface area contributed by atoms with Crippen LogP contribution in [0.25, 0.3) is 16.8 Å². The van der Waals surface area contributed by atoms with Crippen LogP contribution in [-0.4, -0.2) is 53.2 Å². The first kappa shape index (κ1) is 25.5. The lowest BCUT2D eigenvalue weighted by Gasteiger charge is -2.23. The molecule has 0 aliphatic carbocycles. The molecular weight excluding hydrogens is 502 g/mol. The molecule has 1 fully saturated rings. The number of ether oxygens (including phenoxy) is 3. The van der Waals surface area contributed by atoms with E-state index in [1.165, 1.54) is 7.11 Å². The molecule has 0 radical (unpaired) electrons. The molecule has 2 N–H and O–H groups in total. The molecule has 1 aliphatic heterocycles. The van der Waals surface area contributed by atoms with Gasteiger partial charge in [-0.25, -0.2) is 14.8 Å². The van der Waals surface area contributed by atoms with Gasteiger partial charge in [-0.1, -0.05) is 24.4 Å². The van der Waals surface area contributed by atoms with Crippen molar-refractivity contribution < 1.29 is 19.0 Å². The van der Waals surface area contributed by atoms with Gasteiger partial charge in [0.05, 0.1) is 37.8 Å². The number of hydrogen-bond acceptors (Lipinski definition) is 8. The first-order valence-electron chi connectivity index (χ1n) is 12.3. The molecular formula is C28H29N5O4S. The lowest BCUT2D eigenvalue weighted by atomic mass is 9.99. The molecule has 38 heavy (non-hydrogen) atoms. The van der Waals surface area contributed by atoms with Crippen molar-refractivity contribution in [1.82, 2.24) is 19.7 Å². The van der Waals surface area contributed by atoms with E-state index in [9.17, 15) is 4.79 Å². The molecule has 0 saturated carbocycles. The number of fused-ring (bicyclic) bond motifs is 1. The van der Waals surface area contributed by atoms with Gasteiger partial charge in [0.25, 0.3) is 0 Å². The van der Waals surface area contributed by atoms with Gasteiger partial charge in [-0.2, -0.15) is 0 Å². The summed E-state index contributed by atoms with van der Waals surface area (Å²) in [4.78, 5) is 22.6. The highest BCUT2D eigenvalue weighted by atomic mass is 32.1. The Bertz CT molecular complexity index is 1480. The minimum Gasteiger partial charge on any atom is -0.497 e. The number of carbonyl (C=O) groups excluding carboxylic acids is 1. The van der Waals surface area contributed by atoms with E-state index in [2.05, 4.69) is 20.0 Å². The van der Waals surface area contributed by atoms with Crippen LogP contribution in [0.3, 0.4) is 0 Å². The molecule has 0 amide bonds. The molecule has 0 unspecified atom stereocenters. The highest BCUT2D eigenvalue weighted by Gasteiger charge is 2.28. The molecule has 4 aromatic rings. The van der Waals surface area contributed by atoms with Gasteiger partial charge in [0.15, 0.2) is 5.82 Å². The van der Waals surface area contributed by atoms with Gasteiger partial charge in [-0.3, -0.25) is 4.40 Å². The predicted octanol–water partition coefficient (Wildman–Crippen LogP) is 4.61. The van der Waals surface area contributed by atoms with E-state index >= 15 is 0 Å². The largest absolute Gasteiger partial charge is 0.497 e. The third kappa shape index (κ3) is 4.87. The Morgan fingerprint density at radius 3 is 2.68 bits per heavy atom. The average molecular weight is 532 g/mol. The van der Waals surface area contributed by atoms with Crippen LogP contribution in [0.5, 0.6) is 11.5 Å². The molecule has 1 saturated heterocycles. The van der Waals surface area contributed by atoms with Crippen LogP contribution in [0.2, 0.25) is 0 Å². The van der Waals surface area contributed by atoms with Crippen molar-refractivity contribution in [2.45, 2.75) is 25.3 Å². The third-order valence-corrected chi connectivity index (χ3v) is 7.13. The van der Waals surface area contributed by atoms with Crippen molar-refractivity contribution in [3.8, 4) is 22.8 Å². The van der Waals surface area contributed by atoms with Crippen molar-refractivity contribution in [3.05, 3.63) is 71.8 Å². The molecule has 0 bridgehead atoms. The van der Waals surface area contributed by atoms with E-state index in [1.54, 1.807) is 32.5 Å². The van der Waals surface area contributed by atoms with E-state index in [0.717, 1.165) is 64.0 Å². The van der Waals surface area contributed by atoms with E-state index in [-0.39, 0.29) is 11.9 Å². The number of anilines is 1. The number of nitrogens with one attached hydrogen (secondary N) is 2. The Balaban J connectivity index is 1.59. The SMILES string of the molecule is COC(=O)c1ccc(-c2nc([C@@H]3CCCNC3=S)n3ccnc(NCc4ccc(OC)cc4OC)c23)cc1. The zero-order chi connectivity index (χ0) is 26.6. The van der Waals surface area contributed by atoms with Gasteiger partial charge in [-0.15, -0.1) is 0 Å². The second-order valence-corrected chi connectivity index (χ2v) is 9.34. The fraction of sp³-hybridized carbons (Fsp3) is 0.286. The van der Waals surface area contributed by atoms with Crippen LogP contribution in [0, 0.1) is 0 Å². The maximum Gasteiger partial charge on any atom is 0.337 e. The van der Waals surface area contributed by atoms with E-state index in [1.807, 2.05) is 36.5 Å². The van der Waals surface area contributed by atoms with Crippen LogP contribution >= 0.6 is 12.2 Å². The van der Waals surface area contributed by atoms with Crippen molar-refractivity contribution in [2.75, 3.05) is 33.2 Å². The number of benzene rings is 2. The minimum atomic E-state index is -0.386.